The van der Waals surface area contributed by atoms with Crippen molar-refractivity contribution in [3.8, 4) is 11.5 Å². The van der Waals surface area contributed by atoms with Crippen LogP contribution in [0.2, 0.25) is 0 Å². The van der Waals surface area contributed by atoms with E-state index >= 15 is 0 Å². The molecule has 2 atom stereocenters. The van der Waals surface area contributed by atoms with Crippen LogP contribution >= 0.6 is 15.9 Å². The Morgan fingerprint density at radius 1 is 1.28 bits per heavy atom. The fourth-order valence-corrected chi connectivity index (χ4v) is 1.95. The van der Waals surface area contributed by atoms with E-state index < -0.39 is 12.2 Å². The molecule has 18 heavy (non-hydrogen) atoms. The van der Waals surface area contributed by atoms with E-state index in [1.807, 2.05) is 0 Å². The molecule has 6 heteroatoms. The summed E-state index contributed by atoms with van der Waals surface area (Å²) in [6.07, 6.45) is -1.52. The molecule has 2 unspecified atom stereocenters. The van der Waals surface area contributed by atoms with Gasteiger partial charge in [-0.1, -0.05) is 15.9 Å². The molecule has 0 spiro atoms. The highest BCUT2D eigenvalue weighted by atomic mass is 79.9. The first-order valence-corrected chi connectivity index (χ1v) is 6.34. The van der Waals surface area contributed by atoms with Crippen LogP contribution in [0.5, 0.6) is 11.5 Å². The summed E-state index contributed by atoms with van der Waals surface area (Å²) >= 11 is 3.09. The average molecular weight is 319 g/mol. The van der Waals surface area contributed by atoms with E-state index in [0.29, 0.717) is 28.9 Å². The van der Waals surface area contributed by atoms with Crippen LogP contribution in [0.4, 0.5) is 0 Å². The summed E-state index contributed by atoms with van der Waals surface area (Å²) in [7, 11) is 2.83. The van der Waals surface area contributed by atoms with Crippen LogP contribution in [0.3, 0.4) is 0 Å². The molecule has 1 aromatic carbocycles. The largest absolute Gasteiger partial charge is 0.496 e. The Labute approximate surface area is 113 Å². The molecule has 0 radical (unpaired) electrons. The first-order valence-electron chi connectivity index (χ1n) is 5.22. The minimum atomic E-state index is -1.17. The van der Waals surface area contributed by atoms with Gasteiger partial charge in [-0.3, -0.25) is 4.79 Å². The number of ether oxygens (including phenoxy) is 2. The predicted molar refractivity (Wildman–Crippen MR) is 69.7 cm³/mol. The summed E-state index contributed by atoms with van der Waals surface area (Å²) in [6, 6.07) is 2.96. The maximum atomic E-state index is 10.8. The van der Waals surface area contributed by atoms with Crippen molar-refractivity contribution in [3.63, 3.8) is 0 Å². The normalized spacial score (nSPS) is 13.8. The predicted octanol–water partition coefficient (Wildman–Crippen LogP) is 1.31. The molecule has 0 aromatic heterocycles. The van der Waals surface area contributed by atoms with Crippen molar-refractivity contribution in [1.29, 1.82) is 0 Å². The molecule has 0 heterocycles. The van der Waals surface area contributed by atoms with Crippen molar-refractivity contribution in [1.82, 2.24) is 0 Å². The number of halogens is 1. The van der Waals surface area contributed by atoms with Crippen molar-refractivity contribution in [2.24, 2.45) is 0 Å². The summed E-state index contributed by atoms with van der Waals surface area (Å²) < 4.78 is 10.2. The van der Waals surface area contributed by atoms with Crippen LogP contribution in [0, 0.1) is 0 Å². The Morgan fingerprint density at radius 2 is 1.78 bits per heavy atom. The van der Waals surface area contributed by atoms with Crippen molar-refractivity contribution in [3.05, 3.63) is 23.3 Å². The van der Waals surface area contributed by atoms with Crippen molar-refractivity contribution >= 4 is 22.2 Å². The van der Waals surface area contributed by atoms with E-state index in [2.05, 4.69) is 15.9 Å². The van der Waals surface area contributed by atoms with Gasteiger partial charge in [0.05, 0.1) is 25.9 Å². The van der Waals surface area contributed by atoms with Gasteiger partial charge in [0.1, 0.15) is 23.9 Å². The fourth-order valence-electron chi connectivity index (χ4n) is 1.60. The van der Waals surface area contributed by atoms with Crippen molar-refractivity contribution in [2.75, 3.05) is 19.5 Å². The number of aliphatic hydroxyl groups excluding tert-OH is 2. The smallest absolute Gasteiger partial charge is 0.150 e. The van der Waals surface area contributed by atoms with Crippen LogP contribution in [0.15, 0.2) is 12.1 Å². The molecular weight excluding hydrogens is 304 g/mol. The Bertz CT molecular complexity index is 396. The van der Waals surface area contributed by atoms with E-state index in [1.165, 1.54) is 26.4 Å². The third-order valence-electron chi connectivity index (χ3n) is 2.52. The lowest BCUT2D eigenvalue weighted by molar-refractivity contribution is 0.0311. The minimum Gasteiger partial charge on any atom is -0.496 e. The summed E-state index contributed by atoms with van der Waals surface area (Å²) in [5, 5.41) is 19.9. The number of alkyl halides is 1. The zero-order chi connectivity index (χ0) is 13.7. The lowest BCUT2D eigenvalue weighted by atomic mass is 10.0. The lowest BCUT2D eigenvalue weighted by Crippen LogP contribution is -2.21. The Morgan fingerprint density at radius 3 is 2.11 bits per heavy atom. The van der Waals surface area contributed by atoms with E-state index in [1.54, 1.807) is 0 Å². The summed E-state index contributed by atoms with van der Waals surface area (Å²) in [5.74, 6) is 0.591. The topological polar surface area (TPSA) is 76.0 Å². The quantitative estimate of drug-likeness (QED) is 0.611. The first-order chi connectivity index (χ1) is 8.58. The molecule has 1 rings (SSSR count). The highest BCUT2D eigenvalue weighted by Crippen LogP contribution is 2.37. The Kier molecular flexibility index (Phi) is 5.58. The van der Waals surface area contributed by atoms with Gasteiger partial charge < -0.3 is 19.7 Å². The maximum absolute atomic E-state index is 10.8. The minimum absolute atomic E-state index is 0.204. The molecule has 0 aliphatic heterocycles. The third-order valence-corrected chi connectivity index (χ3v) is 3.18. The zero-order valence-corrected chi connectivity index (χ0v) is 11.7. The maximum Gasteiger partial charge on any atom is 0.150 e. The van der Waals surface area contributed by atoms with Crippen LogP contribution in [-0.2, 0) is 0 Å². The number of carbonyl (C=O) groups excluding carboxylic acids is 1. The second kappa shape index (κ2) is 6.72. The van der Waals surface area contributed by atoms with E-state index in [9.17, 15) is 15.0 Å². The average Bonchev–Trinajstić information content (AvgIpc) is 2.43. The van der Waals surface area contributed by atoms with E-state index in [-0.39, 0.29) is 5.33 Å². The van der Waals surface area contributed by atoms with Gasteiger partial charge in [0.15, 0.2) is 0 Å². The number of hydrogen-bond donors (Lipinski definition) is 2. The standard InChI is InChI=1S/C12H15BrO5/c1-17-9-3-7(6-14)4-10(18-2)11(9)12(16)8(15)5-13/h3-4,6,8,12,15-16H,5H2,1-2H3. The number of aldehydes is 1. The molecule has 2 N–H and O–H groups in total. The van der Waals surface area contributed by atoms with Gasteiger partial charge >= 0.3 is 0 Å². The second-order valence-corrected chi connectivity index (χ2v) is 4.27. The molecule has 1 aromatic rings. The SMILES string of the molecule is COc1cc(C=O)cc(OC)c1C(O)C(O)CBr. The Hall–Kier alpha value is -1.11. The van der Waals surface area contributed by atoms with E-state index in [4.69, 9.17) is 9.47 Å². The first kappa shape index (κ1) is 14.9. The van der Waals surface area contributed by atoms with Gasteiger partial charge in [-0.2, -0.15) is 0 Å². The summed E-state index contributed by atoms with van der Waals surface area (Å²) in [4.78, 5) is 10.8. The number of rotatable bonds is 6. The molecule has 0 bridgehead atoms. The third kappa shape index (κ3) is 3.01. The molecular formula is C12H15BrO5. The number of benzene rings is 1. The van der Waals surface area contributed by atoms with E-state index in [0.717, 1.165) is 0 Å². The molecule has 0 amide bonds. The van der Waals surface area contributed by atoms with Gasteiger partial charge in [0.25, 0.3) is 0 Å². The highest BCUT2D eigenvalue weighted by Gasteiger charge is 2.25. The second-order valence-electron chi connectivity index (χ2n) is 3.62. The van der Waals surface area contributed by atoms with Gasteiger partial charge in [-0.25, -0.2) is 0 Å². The molecule has 100 valence electrons. The summed E-state index contributed by atoms with van der Waals surface area (Å²) in [5.41, 5.74) is 0.686. The number of aliphatic hydroxyl groups is 2. The van der Waals surface area contributed by atoms with Crippen LogP contribution in [0.25, 0.3) is 0 Å². The molecule has 0 fully saturated rings. The van der Waals surface area contributed by atoms with Gasteiger partial charge in [-0.05, 0) is 12.1 Å². The zero-order valence-electron chi connectivity index (χ0n) is 10.1. The molecule has 0 aliphatic rings. The number of methoxy groups -OCH3 is 2. The van der Waals surface area contributed by atoms with Gasteiger partial charge in [-0.15, -0.1) is 0 Å². The van der Waals surface area contributed by atoms with Crippen molar-refractivity contribution < 1.29 is 24.5 Å². The highest BCUT2D eigenvalue weighted by molar-refractivity contribution is 9.09. The van der Waals surface area contributed by atoms with Gasteiger partial charge in [0, 0.05) is 10.9 Å². The monoisotopic (exact) mass is 318 g/mol. The molecule has 0 aliphatic carbocycles. The van der Waals surface area contributed by atoms with Crippen LogP contribution in [0.1, 0.15) is 22.0 Å². The fraction of sp³-hybridized carbons (Fsp3) is 0.417. The summed E-state index contributed by atoms with van der Waals surface area (Å²) in [6.45, 7) is 0. The van der Waals surface area contributed by atoms with Crippen LogP contribution in [-0.4, -0.2) is 42.2 Å². The van der Waals surface area contributed by atoms with Gasteiger partial charge in [0.2, 0.25) is 0 Å². The Balaban J connectivity index is 3.34. The van der Waals surface area contributed by atoms with Crippen molar-refractivity contribution in [2.45, 2.75) is 12.2 Å². The molecule has 5 nitrogen and oxygen atoms in total. The lowest BCUT2D eigenvalue weighted by Gasteiger charge is -2.21. The molecule has 0 saturated carbocycles. The van der Waals surface area contributed by atoms with Crippen LogP contribution < -0.4 is 9.47 Å². The number of carbonyl (C=O) groups is 1. The number of hydrogen-bond acceptors (Lipinski definition) is 5. The molecule has 0 saturated heterocycles.